The number of carbonyl (C=O) groups is 1. The van der Waals surface area contributed by atoms with E-state index in [2.05, 4.69) is 16.0 Å². The molecule has 1 aliphatic rings. The Morgan fingerprint density at radius 1 is 0.944 bits per heavy atom. The fraction of sp³-hybridized carbons (Fsp3) is 0.917. The molecule has 0 unspecified atom stereocenters. The fourth-order valence-corrected chi connectivity index (χ4v) is 1.66. The van der Waals surface area contributed by atoms with Crippen LogP contribution in [0.15, 0.2) is 0 Å². The van der Waals surface area contributed by atoms with Crippen LogP contribution in [-0.2, 0) is 4.79 Å². The quantitative estimate of drug-likeness (QED) is 0.520. The van der Waals surface area contributed by atoms with Crippen molar-refractivity contribution in [1.29, 1.82) is 0 Å². The van der Waals surface area contributed by atoms with Crippen LogP contribution < -0.4 is 16.0 Å². The van der Waals surface area contributed by atoms with Gasteiger partial charge in [-0.1, -0.05) is 13.8 Å². The molecular formula is C12H28N4O2. The van der Waals surface area contributed by atoms with E-state index >= 15 is 0 Å². The van der Waals surface area contributed by atoms with Crippen LogP contribution in [0.3, 0.4) is 0 Å². The molecule has 0 aromatic heterocycles. The minimum Gasteiger partial charge on any atom is -0.480 e. The van der Waals surface area contributed by atoms with E-state index in [1.807, 2.05) is 18.7 Å². The molecule has 0 saturated carbocycles. The molecule has 1 saturated heterocycles. The van der Waals surface area contributed by atoms with Crippen molar-refractivity contribution in [2.45, 2.75) is 13.8 Å². The molecule has 6 nitrogen and oxygen atoms in total. The Bertz CT molecular complexity index is 191. The number of nitrogens with one attached hydrogen (secondary N) is 3. The number of carboxylic acids is 1. The highest BCUT2D eigenvalue weighted by atomic mass is 16.4. The number of nitrogens with zero attached hydrogens (tertiary/aromatic N) is 1. The molecule has 0 aliphatic carbocycles. The summed E-state index contributed by atoms with van der Waals surface area (Å²) in [5.74, 6) is -0.756. The molecule has 1 aliphatic heterocycles. The van der Waals surface area contributed by atoms with Crippen molar-refractivity contribution in [2.24, 2.45) is 0 Å². The van der Waals surface area contributed by atoms with Crippen molar-refractivity contribution in [2.75, 3.05) is 58.9 Å². The number of rotatable bonds is 2. The predicted octanol–water partition coefficient (Wildman–Crippen LogP) is -0.818. The zero-order chi connectivity index (χ0) is 13.6. The van der Waals surface area contributed by atoms with Crippen LogP contribution in [0.5, 0.6) is 0 Å². The van der Waals surface area contributed by atoms with Crippen LogP contribution in [0.4, 0.5) is 0 Å². The van der Waals surface area contributed by atoms with E-state index < -0.39 is 5.97 Å². The third-order valence-corrected chi connectivity index (χ3v) is 2.53. The van der Waals surface area contributed by atoms with Crippen molar-refractivity contribution in [1.82, 2.24) is 20.9 Å². The van der Waals surface area contributed by atoms with E-state index in [0.29, 0.717) is 0 Å². The van der Waals surface area contributed by atoms with Crippen molar-refractivity contribution >= 4 is 5.97 Å². The summed E-state index contributed by atoms with van der Waals surface area (Å²) in [4.78, 5) is 12.6. The van der Waals surface area contributed by atoms with E-state index in [-0.39, 0.29) is 6.54 Å². The smallest absolute Gasteiger partial charge is 0.317 e. The summed E-state index contributed by atoms with van der Waals surface area (Å²) in [5, 5.41) is 18.7. The molecule has 1 fully saturated rings. The molecule has 108 valence electrons. The van der Waals surface area contributed by atoms with Crippen LogP contribution >= 0.6 is 0 Å². The van der Waals surface area contributed by atoms with Crippen molar-refractivity contribution in [3.63, 3.8) is 0 Å². The van der Waals surface area contributed by atoms with Crippen LogP contribution in [0.1, 0.15) is 13.8 Å². The van der Waals surface area contributed by atoms with Gasteiger partial charge in [-0.2, -0.15) is 0 Å². The fourth-order valence-electron chi connectivity index (χ4n) is 1.66. The minimum absolute atomic E-state index is 0.127. The Hall–Kier alpha value is -0.690. The summed E-state index contributed by atoms with van der Waals surface area (Å²) in [7, 11) is 0. The maximum absolute atomic E-state index is 10.6. The SMILES string of the molecule is CC.O=C(O)CN1CCNCCNCCNCC1. The molecule has 0 bridgehead atoms. The monoisotopic (exact) mass is 260 g/mol. The van der Waals surface area contributed by atoms with Crippen molar-refractivity contribution in [3.8, 4) is 0 Å². The van der Waals surface area contributed by atoms with Crippen LogP contribution in [-0.4, -0.2) is 74.9 Å². The molecule has 0 spiro atoms. The molecule has 4 N–H and O–H groups in total. The summed E-state index contributed by atoms with van der Waals surface area (Å²) in [6.45, 7) is 11.2. The minimum atomic E-state index is -0.756. The Labute approximate surface area is 110 Å². The second-order valence-corrected chi connectivity index (χ2v) is 3.92. The third kappa shape index (κ3) is 10.5. The maximum Gasteiger partial charge on any atom is 0.317 e. The highest BCUT2D eigenvalue weighted by Crippen LogP contribution is 1.86. The third-order valence-electron chi connectivity index (χ3n) is 2.53. The molecule has 1 heterocycles. The lowest BCUT2D eigenvalue weighted by molar-refractivity contribution is -0.138. The average Bonchev–Trinajstić information content (AvgIpc) is 2.34. The average molecular weight is 260 g/mol. The van der Waals surface area contributed by atoms with Crippen LogP contribution in [0.25, 0.3) is 0 Å². The van der Waals surface area contributed by atoms with E-state index in [1.165, 1.54) is 0 Å². The lowest BCUT2D eigenvalue weighted by Gasteiger charge is -2.21. The van der Waals surface area contributed by atoms with Gasteiger partial charge in [0.2, 0.25) is 0 Å². The summed E-state index contributed by atoms with van der Waals surface area (Å²) < 4.78 is 0. The zero-order valence-electron chi connectivity index (χ0n) is 11.7. The van der Waals surface area contributed by atoms with Gasteiger partial charge in [-0.05, 0) is 0 Å². The van der Waals surface area contributed by atoms with Gasteiger partial charge in [-0.3, -0.25) is 9.69 Å². The van der Waals surface area contributed by atoms with E-state index in [9.17, 15) is 4.79 Å². The van der Waals surface area contributed by atoms with Gasteiger partial charge in [-0.25, -0.2) is 0 Å². The lowest BCUT2D eigenvalue weighted by Crippen LogP contribution is -2.43. The van der Waals surface area contributed by atoms with Crippen molar-refractivity contribution in [3.05, 3.63) is 0 Å². The van der Waals surface area contributed by atoms with Gasteiger partial charge in [0, 0.05) is 52.4 Å². The highest BCUT2D eigenvalue weighted by Gasteiger charge is 2.08. The van der Waals surface area contributed by atoms with Gasteiger partial charge in [0.05, 0.1) is 6.54 Å². The molecule has 1 rings (SSSR count). The maximum atomic E-state index is 10.6. The number of hydrogen-bond acceptors (Lipinski definition) is 5. The highest BCUT2D eigenvalue weighted by molar-refractivity contribution is 5.69. The zero-order valence-corrected chi connectivity index (χ0v) is 11.7. The molecule has 0 aromatic carbocycles. The van der Waals surface area contributed by atoms with Crippen LogP contribution in [0, 0.1) is 0 Å². The Kier molecular flexibility index (Phi) is 12.3. The first-order valence-electron chi connectivity index (χ1n) is 6.85. The second kappa shape index (κ2) is 12.8. The molecule has 0 radical (unpaired) electrons. The van der Waals surface area contributed by atoms with Gasteiger partial charge in [-0.15, -0.1) is 0 Å². The first kappa shape index (κ1) is 17.3. The Morgan fingerprint density at radius 3 is 1.72 bits per heavy atom. The number of aliphatic carboxylic acids is 1. The summed E-state index contributed by atoms with van der Waals surface area (Å²) in [5.41, 5.74) is 0. The van der Waals surface area contributed by atoms with Gasteiger partial charge in [0.1, 0.15) is 0 Å². The van der Waals surface area contributed by atoms with E-state index in [0.717, 1.165) is 52.4 Å². The Morgan fingerprint density at radius 2 is 1.33 bits per heavy atom. The second-order valence-electron chi connectivity index (χ2n) is 3.92. The first-order valence-corrected chi connectivity index (χ1v) is 6.85. The molecule has 0 atom stereocenters. The van der Waals surface area contributed by atoms with Crippen LogP contribution in [0.2, 0.25) is 0 Å². The molecule has 6 heteroatoms. The van der Waals surface area contributed by atoms with Gasteiger partial charge in [0.15, 0.2) is 0 Å². The van der Waals surface area contributed by atoms with Gasteiger partial charge in [0.25, 0.3) is 0 Å². The Balaban J connectivity index is 0.00000137. The van der Waals surface area contributed by atoms with Crippen molar-refractivity contribution < 1.29 is 9.90 Å². The largest absolute Gasteiger partial charge is 0.480 e. The molecule has 0 amide bonds. The topological polar surface area (TPSA) is 76.6 Å². The van der Waals surface area contributed by atoms with Gasteiger partial charge < -0.3 is 21.1 Å². The summed E-state index contributed by atoms with van der Waals surface area (Å²) in [6, 6.07) is 0. The first-order chi connectivity index (χ1) is 8.79. The van der Waals surface area contributed by atoms with Gasteiger partial charge >= 0.3 is 5.97 Å². The number of carboxylic acid groups (broad SMARTS) is 1. The predicted molar refractivity (Wildman–Crippen MR) is 74.0 cm³/mol. The summed E-state index contributed by atoms with van der Waals surface area (Å²) >= 11 is 0. The van der Waals surface area contributed by atoms with E-state index in [1.54, 1.807) is 0 Å². The molecule has 18 heavy (non-hydrogen) atoms. The normalized spacial score (nSPS) is 19.9. The van der Waals surface area contributed by atoms with E-state index in [4.69, 9.17) is 5.11 Å². The lowest BCUT2D eigenvalue weighted by atomic mass is 10.4. The summed E-state index contributed by atoms with van der Waals surface area (Å²) in [6.07, 6.45) is 0. The molecular weight excluding hydrogens is 232 g/mol. The standard InChI is InChI=1S/C10H22N4O2.C2H6/c15-10(16)9-14-7-5-12-3-1-11-2-4-13-6-8-14;1-2/h11-13H,1-9H2,(H,15,16);1-2H3. The number of hydrogen-bond donors (Lipinski definition) is 4. The molecule has 0 aromatic rings.